The van der Waals surface area contributed by atoms with E-state index in [-0.39, 0.29) is 0 Å². The van der Waals surface area contributed by atoms with E-state index < -0.39 is 0 Å². The van der Waals surface area contributed by atoms with Gasteiger partial charge in [-0.15, -0.1) is 10.2 Å². The van der Waals surface area contributed by atoms with Crippen molar-refractivity contribution >= 4 is 0 Å². The Kier molecular flexibility index (Phi) is 7.04. The molecule has 7 heteroatoms. The Balaban J connectivity index is 1.69. The summed E-state index contributed by atoms with van der Waals surface area (Å²) in [7, 11) is 0. The molecule has 0 spiro atoms. The van der Waals surface area contributed by atoms with Gasteiger partial charge in [0.2, 0.25) is 5.82 Å². The zero-order chi connectivity index (χ0) is 22.3. The van der Waals surface area contributed by atoms with Crippen molar-refractivity contribution in [3.8, 4) is 22.5 Å². The van der Waals surface area contributed by atoms with Gasteiger partial charge in [-0.2, -0.15) is 10.3 Å². The first-order chi connectivity index (χ1) is 15.7. The standard InChI is InChI=1S/C25H31N7/c1-4-6-10-15-32-23(26-24(29-32)18(3)5-2)17-19-13-14-21(20-11-8-7-9-12-20)22(16-19)25-27-30-31-28-25/h7-9,11-14,16,18H,4-6,10,15,17H2,1-3H3,(H,27,28,30,31). The van der Waals surface area contributed by atoms with Gasteiger partial charge in [0.05, 0.1) is 0 Å². The van der Waals surface area contributed by atoms with E-state index in [9.17, 15) is 0 Å². The summed E-state index contributed by atoms with van der Waals surface area (Å²) in [6.07, 6.45) is 5.26. The quantitative estimate of drug-likeness (QED) is 0.340. The Labute approximate surface area is 189 Å². The lowest BCUT2D eigenvalue weighted by Gasteiger charge is -2.10. The van der Waals surface area contributed by atoms with Crippen molar-refractivity contribution in [3.63, 3.8) is 0 Å². The zero-order valence-corrected chi connectivity index (χ0v) is 19.1. The molecule has 2 aromatic heterocycles. The van der Waals surface area contributed by atoms with Gasteiger partial charge in [0, 0.05) is 24.4 Å². The Morgan fingerprint density at radius 1 is 1.00 bits per heavy atom. The second-order valence-electron chi connectivity index (χ2n) is 8.28. The molecule has 1 unspecified atom stereocenters. The van der Waals surface area contributed by atoms with Crippen LogP contribution < -0.4 is 0 Å². The molecular formula is C25H31N7. The molecule has 0 fully saturated rings. The second-order valence-corrected chi connectivity index (χ2v) is 8.28. The number of hydrogen-bond donors (Lipinski definition) is 1. The fourth-order valence-corrected chi connectivity index (χ4v) is 3.82. The maximum absolute atomic E-state index is 4.93. The van der Waals surface area contributed by atoms with Crippen LogP contribution in [0.2, 0.25) is 0 Å². The summed E-state index contributed by atoms with van der Waals surface area (Å²) in [5, 5.41) is 19.7. The number of nitrogens with zero attached hydrogens (tertiary/aromatic N) is 6. The lowest BCUT2D eigenvalue weighted by atomic mass is 9.96. The zero-order valence-electron chi connectivity index (χ0n) is 19.1. The molecule has 0 saturated carbocycles. The summed E-state index contributed by atoms with van der Waals surface area (Å²) in [6.45, 7) is 7.51. The Morgan fingerprint density at radius 3 is 2.56 bits per heavy atom. The highest BCUT2D eigenvalue weighted by Gasteiger charge is 2.17. The summed E-state index contributed by atoms with van der Waals surface area (Å²) in [6, 6.07) is 16.8. The molecule has 2 aromatic carbocycles. The highest BCUT2D eigenvalue weighted by atomic mass is 15.5. The van der Waals surface area contributed by atoms with Gasteiger partial charge in [-0.05, 0) is 40.8 Å². The number of nitrogens with one attached hydrogen (secondary N) is 1. The predicted molar refractivity (Wildman–Crippen MR) is 126 cm³/mol. The highest BCUT2D eigenvalue weighted by molar-refractivity contribution is 5.80. The number of H-pyrrole nitrogens is 1. The largest absolute Gasteiger partial charge is 0.249 e. The topological polar surface area (TPSA) is 85.2 Å². The van der Waals surface area contributed by atoms with Crippen LogP contribution in [0.15, 0.2) is 48.5 Å². The third-order valence-corrected chi connectivity index (χ3v) is 5.91. The summed E-state index contributed by atoms with van der Waals surface area (Å²) in [4.78, 5) is 4.93. The fraction of sp³-hybridized carbons (Fsp3) is 0.400. The van der Waals surface area contributed by atoms with E-state index in [0.717, 1.165) is 59.7 Å². The first-order valence-electron chi connectivity index (χ1n) is 11.5. The molecule has 0 saturated heterocycles. The average molecular weight is 430 g/mol. The SMILES string of the molecule is CCCCCn1nc(C(C)CC)nc1Cc1ccc(-c2ccccc2)c(-c2nn[nH]n2)c1. The van der Waals surface area contributed by atoms with Crippen LogP contribution in [0, 0.1) is 0 Å². The third kappa shape index (κ3) is 4.93. The molecule has 1 atom stereocenters. The van der Waals surface area contributed by atoms with E-state index in [0.29, 0.717) is 11.7 Å². The lowest BCUT2D eigenvalue weighted by Crippen LogP contribution is -2.07. The summed E-state index contributed by atoms with van der Waals surface area (Å²) < 4.78 is 2.11. The Morgan fingerprint density at radius 2 is 1.84 bits per heavy atom. The van der Waals surface area contributed by atoms with E-state index in [1.165, 1.54) is 12.8 Å². The molecule has 0 amide bonds. The van der Waals surface area contributed by atoms with Crippen molar-refractivity contribution in [3.05, 3.63) is 65.7 Å². The molecule has 4 rings (SSSR count). The van der Waals surface area contributed by atoms with Gasteiger partial charge in [0.1, 0.15) is 5.82 Å². The van der Waals surface area contributed by atoms with Crippen LogP contribution in [0.5, 0.6) is 0 Å². The number of benzene rings is 2. The molecule has 166 valence electrons. The number of unbranched alkanes of at least 4 members (excludes halogenated alkanes) is 2. The van der Waals surface area contributed by atoms with Gasteiger partial charge in [-0.3, -0.25) is 0 Å². The minimum absolute atomic E-state index is 0.358. The number of aryl methyl sites for hydroxylation is 1. The van der Waals surface area contributed by atoms with Gasteiger partial charge >= 0.3 is 0 Å². The van der Waals surface area contributed by atoms with Crippen LogP contribution >= 0.6 is 0 Å². The molecule has 32 heavy (non-hydrogen) atoms. The lowest BCUT2D eigenvalue weighted by molar-refractivity contribution is 0.526. The van der Waals surface area contributed by atoms with Gasteiger partial charge in [0.25, 0.3) is 0 Å². The number of aromatic amines is 1. The van der Waals surface area contributed by atoms with Crippen molar-refractivity contribution in [1.82, 2.24) is 35.4 Å². The summed E-state index contributed by atoms with van der Waals surface area (Å²) in [5.41, 5.74) is 4.33. The molecule has 0 radical (unpaired) electrons. The number of hydrogen-bond acceptors (Lipinski definition) is 5. The fourth-order valence-electron chi connectivity index (χ4n) is 3.82. The molecule has 0 aliphatic heterocycles. The van der Waals surface area contributed by atoms with Gasteiger partial charge in [-0.25, -0.2) is 9.67 Å². The second kappa shape index (κ2) is 10.3. The van der Waals surface area contributed by atoms with E-state index in [1.807, 2.05) is 18.2 Å². The van der Waals surface area contributed by atoms with Crippen LogP contribution in [-0.4, -0.2) is 35.4 Å². The van der Waals surface area contributed by atoms with Gasteiger partial charge in [-0.1, -0.05) is 76.1 Å². The molecule has 0 aliphatic rings. The highest BCUT2D eigenvalue weighted by Crippen LogP contribution is 2.31. The summed E-state index contributed by atoms with van der Waals surface area (Å²) >= 11 is 0. The van der Waals surface area contributed by atoms with Crippen LogP contribution in [0.25, 0.3) is 22.5 Å². The molecule has 0 aliphatic carbocycles. The average Bonchev–Trinajstić information content (AvgIpc) is 3.50. The van der Waals surface area contributed by atoms with Crippen LogP contribution in [0.3, 0.4) is 0 Å². The van der Waals surface area contributed by atoms with Crippen LogP contribution in [0.1, 0.15) is 69.6 Å². The summed E-state index contributed by atoms with van der Waals surface area (Å²) in [5.74, 6) is 2.91. The van der Waals surface area contributed by atoms with E-state index in [1.54, 1.807) is 0 Å². The number of tetrazole rings is 1. The predicted octanol–water partition coefficient (Wildman–Crippen LogP) is 5.42. The first-order valence-corrected chi connectivity index (χ1v) is 11.5. The van der Waals surface area contributed by atoms with Crippen molar-refractivity contribution in [2.75, 3.05) is 0 Å². The van der Waals surface area contributed by atoms with E-state index in [4.69, 9.17) is 10.1 Å². The molecular weight excluding hydrogens is 398 g/mol. The molecule has 4 aromatic rings. The normalized spacial score (nSPS) is 12.2. The monoisotopic (exact) mass is 429 g/mol. The van der Waals surface area contributed by atoms with Crippen molar-refractivity contribution in [1.29, 1.82) is 0 Å². The minimum Gasteiger partial charge on any atom is -0.249 e. The smallest absolute Gasteiger partial charge is 0.205 e. The van der Waals surface area contributed by atoms with Gasteiger partial charge < -0.3 is 0 Å². The molecule has 0 bridgehead atoms. The van der Waals surface area contributed by atoms with Crippen molar-refractivity contribution in [2.45, 2.75) is 65.3 Å². The maximum atomic E-state index is 4.93. The van der Waals surface area contributed by atoms with Crippen LogP contribution in [0.4, 0.5) is 0 Å². The minimum atomic E-state index is 0.358. The molecule has 1 N–H and O–H groups in total. The molecule has 7 nitrogen and oxygen atoms in total. The number of rotatable bonds is 10. The van der Waals surface area contributed by atoms with Gasteiger partial charge in [0.15, 0.2) is 5.82 Å². The van der Waals surface area contributed by atoms with E-state index in [2.05, 4.69) is 76.4 Å². The Hall–Kier alpha value is -3.35. The molecule has 2 heterocycles. The first kappa shape index (κ1) is 21.9. The Bertz CT molecular complexity index is 1120. The number of aromatic nitrogens is 7. The van der Waals surface area contributed by atoms with E-state index >= 15 is 0 Å². The third-order valence-electron chi connectivity index (χ3n) is 5.91. The maximum Gasteiger partial charge on any atom is 0.205 e. The van der Waals surface area contributed by atoms with Crippen molar-refractivity contribution in [2.24, 2.45) is 0 Å². The van der Waals surface area contributed by atoms with Crippen molar-refractivity contribution < 1.29 is 0 Å². The van der Waals surface area contributed by atoms with Crippen LogP contribution in [-0.2, 0) is 13.0 Å².